The highest BCUT2D eigenvalue weighted by Gasteiger charge is 2.22. The highest BCUT2D eigenvalue weighted by atomic mass is 79.9. The Bertz CT molecular complexity index is 433. The summed E-state index contributed by atoms with van der Waals surface area (Å²) in [5, 5.41) is 8.89. The van der Waals surface area contributed by atoms with Crippen LogP contribution in [-0.2, 0) is 0 Å². The lowest BCUT2D eigenvalue weighted by molar-refractivity contribution is 0.0697. The van der Waals surface area contributed by atoms with Gasteiger partial charge in [-0.3, -0.25) is 0 Å². The largest absolute Gasteiger partial charge is 0.486 e. The lowest BCUT2D eigenvalue weighted by Crippen LogP contribution is -2.17. The van der Waals surface area contributed by atoms with Crippen molar-refractivity contribution in [2.45, 2.75) is 0 Å². The summed E-state index contributed by atoms with van der Waals surface area (Å²) >= 11 is 3.19. The number of ether oxygens (including phenoxy) is 2. The van der Waals surface area contributed by atoms with Gasteiger partial charge >= 0.3 is 5.97 Å². The molecule has 0 spiro atoms. The van der Waals surface area contributed by atoms with Gasteiger partial charge in [-0.15, -0.1) is 0 Å². The number of halogens is 1. The number of hydrogen-bond acceptors (Lipinski definition) is 4. The maximum absolute atomic E-state index is 10.9. The summed E-state index contributed by atoms with van der Waals surface area (Å²) in [6.45, 7) is 0.833. The number of nitrogen functional groups attached to an aromatic ring is 1. The molecule has 2 rings (SSSR count). The number of rotatable bonds is 1. The third kappa shape index (κ3) is 1.61. The van der Waals surface area contributed by atoms with Gasteiger partial charge in [0, 0.05) is 6.07 Å². The Kier molecular flexibility index (Phi) is 2.44. The fraction of sp³-hybridized carbons (Fsp3) is 0.222. The Labute approximate surface area is 93.9 Å². The number of fused-ring (bicyclic) bond motifs is 1. The lowest BCUT2D eigenvalue weighted by Gasteiger charge is -2.21. The second-order valence-corrected chi connectivity index (χ2v) is 3.77. The molecule has 0 aromatic heterocycles. The van der Waals surface area contributed by atoms with Crippen molar-refractivity contribution in [2.24, 2.45) is 0 Å². The van der Waals surface area contributed by atoms with E-state index in [1.807, 2.05) is 0 Å². The fourth-order valence-corrected chi connectivity index (χ4v) is 1.86. The molecule has 15 heavy (non-hydrogen) atoms. The van der Waals surface area contributed by atoms with Crippen LogP contribution in [0.5, 0.6) is 11.5 Å². The zero-order valence-electron chi connectivity index (χ0n) is 7.62. The van der Waals surface area contributed by atoms with Crippen molar-refractivity contribution in [3.05, 3.63) is 16.1 Å². The van der Waals surface area contributed by atoms with Gasteiger partial charge in [-0.25, -0.2) is 4.79 Å². The Morgan fingerprint density at radius 3 is 2.80 bits per heavy atom. The average Bonchev–Trinajstić information content (AvgIpc) is 2.23. The minimum atomic E-state index is -1.09. The Morgan fingerprint density at radius 1 is 1.47 bits per heavy atom. The SMILES string of the molecule is Nc1c(C(=O)O)cc2c(c1Br)OCCO2. The first kappa shape index (κ1) is 10.1. The molecule has 1 aromatic carbocycles. The summed E-state index contributed by atoms with van der Waals surface area (Å²) in [5.41, 5.74) is 5.80. The van der Waals surface area contributed by atoms with Crippen molar-refractivity contribution in [1.29, 1.82) is 0 Å². The molecule has 0 saturated carbocycles. The maximum atomic E-state index is 10.9. The number of nitrogens with two attached hydrogens (primary N) is 1. The Hall–Kier alpha value is -1.43. The monoisotopic (exact) mass is 273 g/mol. The van der Waals surface area contributed by atoms with E-state index >= 15 is 0 Å². The molecular formula is C9H8BrNO4. The van der Waals surface area contributed by atoms with Crippen LogP contribution >= 0.6 is 15.9 Å². The van der Waals surface area contributed by atoms with Crippen LogP contribution in [-0.4, -0.2) is 24.3 Å². The molecule has 0 unspecified atom stereocenters. The number of hydrogen-bond donors (Lipinski definition) is 2. The first-order chi connectivity index (χ1) is 7.11. The van der Waals surface area contributed by atoms with Crippen molar-refractivity contribution in [2.75, 3.05) is 18.9 Å². The summed E-state index contributed by atoms with van der Waals surface area (Å²) in [6.07, 6.45) is 0. The van der Waals surface area contributed by atoms with Crippen molar-refractivity contribution in [3.63, 3.8) is 0 Å². The molecule has 0 saturated heterocycles. The van der Waals surface area contributed by atoms with Crippen LogP contribution in [0.3, 0.4) is 0 Å². The second kappa shape index (κ2) is 3.62. The van der Waals surface area contributed by atoms with E-state index in [1.165, 1.54) is 6.07 Å². The van der Waals surface area contributed by atoms with Crippen molar-refractivity contribution >= 4 is 27.6 Å². The zero-order chi connectivity index (χ0) is 11.0. The zero-order valence-corrected chi connectivity index (χ0v) is 9.20. The van der Waals surface area contributed by atoms with Crippen LogP contribution in [0.4, 0.5) is 5.69 Å². The molecule has 1 heterocycles. The van der Waals surface area contributed by atoms with E-state index in [0.717, 1.165) is 0 Å². The van der Waals surface area contributed by atoms with E-state index < -0.39 is 5.97 Å². The van der Waals surface area contributed by atoms with Gasteiger partial charge in [0.05, 0.1) is 15.7 Å². The molecule has 1 aliphatic rings. The molecule has 1 aromatic rings. The third-order valence-corrected chi connectivity index (χ3v) is 2.83. The van der Waals surface area contributed by atoms with Crippen LogP contribution < -0.4 is 15.2 Å². The van der Waals surface area contributed by atoms with Crippen LogP contribution in [0.15, 0.2) is 10.5 Å². The van der Waals surface area contributed by atoms with Gasteiger partial charge in [-0.2, -0.15) is 0 Å². The first-order valence-corrected chi connectivity index (χ1v) is 5.01. The molecule has 0 fully saturated rings. The number of carboxylic acid groups (broad SMARTS) is 1. The number of aromatic carboxylic acids is 1. The maximum Gasteiger partial charge on any atom is 0.337 e. The van der Waals surface area contributed by atoms with Crippen molar-refractivity contribution < 1.29 is 19.4 Å². The lowest BCUT2D eigenvalue weighted by atomic mass is 10.1. The van der Waals surface area contributed by atoms with E-state index in [1.54, 1.807) is 0 Å². The summed E-state index contributed by atoms with van der Waals surface area (Å²) in [7, 11) is 0. The molecular weight excluding hydrogens is 266 g/mol. The second-order valence-electron chi connectivity index (χ2n) is 2.98. The standard InChI is InChI=1S/C9H8BrNO4/c10-6-7(11)4(9(12)13)3-5-8(6)15-2-1-14-5/h3H,1-2,11H2,(H,12,13). The Balaban J connectivity index is 2.63. The van der Waals surface area contributed by atoms with Gasteiger partial charge < -0.3 is 20.3 Å². The smallest absolute Gasteiger partial charge is 0.337 e. The predicted octanol–water partition coefficient (Wildman–Crippen LogP) is 1.50. The van der Waals surface area contributed by atoms with E-state index in [2.05, 4.69) is 15.9 Å². The molecule has 0 bridgehead atoms. The number of benzene rings is 1. The highest BCUT2D eigenvalue weighted by Crippen LogP contribution is 2.42. The van der Waals surface area contributed by atoms with Gasteiger partial charge in [0.2, 0.25) is 0 Å². The Morgan fingerprint density at radius 2 is 2.13 bits per heavy atom. The minimum absolute atomic E-state index is 0.00567. The highest BCUT2D eigenvalue weighted by molar-refractivity contribution is 9.10. The fourth-order valence-electron chi connectivity index (χ4n) is 1.34. The van der Waals surface area contributed by atoms with Crippen LogP contribution in [0.25, 0.3) is 0 Å². The summed E-state index contributed by atoms with van der Waals surface area (Å²) in [6, 6.07) is 1.37. The molecule has 0 radical (unpaired) electrons. The van der Waals surface area contributed by atoms with E-state index in [0.29, 0.717) is 29.2 Å². The van der Waals surface area contributed by atoms with Gasteiger partial charge in [-0.05, 0) is 15.9 Å². The normalized spacial score (nSPS) is 13.7. The molecule has 3 N–H and O–H groups in total. The van der Waals surface area contributed by atoms with Gasteiger partial charge in [0.15, 0.2) is 11.5 Å². The summed E-state index contributed by atoms with van der Waals surface area (Å²) in [4.78, 5) is 10.9. The summed E-state index contributed by atoms with van der Waals surface area (Å²) in [5.74, 6) is -0.228. The van der Waals surface area contributed by atoms with Gasteiger partial charge in [-0.1, -0.05) is 0 Å². The van der Waals surface area contributed by atoms with Crippen molar-refractivity contribution in [3.8, 4) is 11.5 Å². The molecule has 0 aliphatic carbocycles. The molecule has 6 heteroatoms. The van der Waals surface area contributed by atoms with Crippen LogP contribution in [0.1, 0.15) is 10.4 Å². The van der Waals surface area contributed by atoms with Crippen LogP contribution in [0, 0.1) is 0 Å². The molecule has 0 atom stereocenters. The number of carboxylic acids is 1. The molecule has 0 amide bonds. The van der Waals surface area contributed by atoms with Crippen molar-refractivity contribution in [1.82, 2.24) is 0 Å². The summed E-state index contributed by atoms with van der Waals surface area (Å²) < 4.78 is 11.0. The molecule has 1 aliphatic heterocycles. The van der Waals surface area contributed by atoms with Gasteiger partial charge in [0.1, 0.15) is 13.2 Å². The molecule has 80 valence electrons. The third-order valence-electron chi connectivity index (χ3n) is 2.04. The van der Waals surface area contributed by atoms with Gasteiger partial charge in [0.25, 0.3) is 0 Å². The minimum Gasteiger partial charge on any atom is -0.486 e. The van der Waals surface area contributed by atoms with E-state index in [-0.39, 0.29) is 11.3 Å². The number of anilines is 1. The van der Waals surface area contributed by atoms with Crippen LogP contribution in [0.2, 0.25) is 0 Å². The average molecular weight is 274 g/mol. The topological polar surface area (TPSA) is 81.8 Å². The van der Waals surface area contributed by atoms with E-state index in [9.17, 15) is 4.79 Å². The predicted molar refractivity (Wildman–Crippen MR) is 56.5 cm³/mol. The van der Waals surface area contributed by atoms with E-state index in [4.69, 9.17) is 20.3 Å². The molecule has 5 nitrogen and oxygen atoms in total. The first-order valence-electron chi connectivity index (χ1n) is 4.22. The quantitative estimate of drug-likeness (QED) is 0.758. The number of carbonyl (C=O) groups is 1.